The zero-order valence-corrected chi connectivity index (χ0v) is 19.0. The number of carboxylic acid groups (broad SMARTS) is 1. The van der Waals surface area contributed by atoms with Crippen molar-refractivity contribution in [1.82, 2.24) is 4.90 Å². The molecule has 3 aromatic rings. The molecule has 4 rings (SSSR count). The summed E-state index contributed by atoms with van der Waals surface area (Å²) in [6, 6.07) is 22.8. The highest BCUT2D eigenvalue weighted by molar-refractivity contribution is 6.21. The highest BCUT2D eigenvalue weighted by Crippen LogP contribution is 2.25. The Balaban J connectivity index is 1.34. The summed E-state index contributed by atoms with van der Waals surface area (Å²) in [7, 11) is 0. The molecule has 0 saturated heterocycles. The predicted molar refractivity (Wildman–Crippen MR) is 128 cm³/mol. The zero-order chi connectivity index (χ0) is 24.2. The molecule has 6 heteroatoms. The van der Waals surface area contributed by atoms with Gasteiger partial charge in [-0.05, 0) is 55.0 Å². The van der Waals surface area contributed by atoms with Crippen LogP contribution in [0.25, 0.3) is 11.1 Å². The predicted octanol–water partition coefficient (Wildman–Crippen LogP) is 4.34. The Morgan fingerprint density at radius 3 is 1.88 bits per heavy atom. The largest absolute Gasteiger partial charge is 0.481 e. The highest BCUT2D eigenvalue weighted by Gasteiger charge is 2.36. The average Bonchev–Trinajstić information content (AvgIpc) is 3.08. The quantitative estimate of drug-likeness (QED) is 0.466. The number of hydrogen-bond acceptors (Lipinski definition) is 4. The first-order valence-electron chi connectivity index (χ1n) is 11.4. The van der Waals surface area contributed by atoms with Gasteiger partial charge in [-0.1, -0.05) is 66.2 Å². The summed E-state index contributed by atoms with van der Waals surface area (Å²) in [6.45, 7) is 1.99. The second-order valence-corrected chi connectivity index (χ2v) is 8.71. The molecular weight excluding hydrogens is 430 g/mol. The minimum atomic E-state index is -1.14. The fraction of sp³-hybridized carbons (Fsp3) is 0.250. The lowest BCUT2D eigenvalue weighted by Crippen LogP contribution is -2.36. The summed E-state index contributed by atoms with van der Waals surface area (Å²) in [4.78, 5) is 37.9. The van der Waals surface area contributed by atoms with Gasteiger partial charge in [0.2, 0.25) is 0 Å². The Kier molecular flexibility index (Phi) is 6.89. The van der Waals surface area contributed by atoms with Crippen LogP contribution in [-0.2, 0) is 11.2 Å². The Labute approximate surface area is 198 Å². The lowest BCUT2D eigenvalue weighted by Gasteiger charge is -2.22. The molecule has 6 nitrogen and oxygen atoms in total. The fourth-order valence-corrected chi connectivity index (χ4v) is 4.32. The number of carbonyl (C=O) groups is 3. The second-order valence-electron chi connectivity index (χ2n) is 8.71. The van der Waals surface area contributed by atoms with Crippen LogP contribution >= 0.6 is 0 Å². The van der Waals surface area contributed by atoms with Crippen LogP contribution in [0.3, 0.4) is 0 Å². The van der Waals surface area contributed by atoms with E-state index in [1.54, 1.807) is 24.3 Å². The molecule has 1 aliphatic rings. The van der Waals surface area contributed by atoms with Crippen molar-refractivity contribution in [3.63, 3.8) is 0 Å². The number of hydrogen-bond donors (Lipinski definition) is 2. The summed E-state index contributed by atoms with van der Waals surface area (Å²) in [6.07, 6.45) is -0.312. The van der Waals surface area contributed by atoms with Crippen molar-refractivity contribution in [1.29, 1.82) is 0 Å². The maximum absolute atomic E-state index is 12.5. The zero-order valence-electron chi connectivity index (χ0n) is 19.0. The summed E-state index contributed by atoms with van der Waals surface area (Å²) < 4.78 is 0. The molecule has 2 atom stereocenters. The number of nitrogens with zero attached hydrogens (tertiary/aromatic N) is 1. The van der Waals surface area contributed by atoms with Crippen molar-refractivity contribution in [2.75, 3.05) is 6.54 Å². The molecule has 174 valence electrons. The summed E-state index contributed by atoms with van der Waals surface area (Å²) in [5.41, 5.74) is 5.07. The number of carbonyl (C=O) groups excluding carboxylic acids is 2. The van der Waals surface area contributed by atoms with Gasteiger partial charge in [-0.3, -0.25) is 19.3 Å². The number of imide groups is 1. The monoisotopic (exact) mass is 457 g/mol. The normalized spacial score (nSPS) is 14.7. The summed E-state index contributed by atoms with van der Waals surface area (Å²) >= 11 is 0. The van der Waals surface area contributed by atoms with E-state index in [4.69, 9.17) is 0 Å². The van der Waals surface area contributed by atoms with E-state index in [2.05, 4.69) is 24.3 Å². The van der Waals surface area contributed by atoms with Gasteiger partial charge in [-0.15, -0.1) is 0 Å². The van der Waals surface area contributed by atoms with Crippen molar-refractivity contribution in [3.05, 3.63) is 95.1 Å². The Hall–Kier alpha value is -3.77. The van der Waals surface area contributed by atoms with E-state index in [9.17, 15) is 24.6 Å². The van der Waals surface area contributed by atoms with Crippen LogP contribution in [0.2, 0.25) is 0 Å². The molecule has 1 heterocycles. The number of fused-ring (bicyclic) bond motifs is 1. The van der Waals surface area contributed by atoms with Crippen LogP contribution in [0.5, 0.6) is 0 Å². The third-order valence-electron chi connectivity index (χ3n) is 6.39. The van der Waals surface area contributed by atoms with E-state index in [0.29, 0.717) is 17.5 Å². The minimum Gasteiger partial charge on any atom is -0.481 e. The highest BCUT2D eigenvalue weighted by atomic mass is 16.4. The number of rotatable bonds is 9. The standard InChI is InChI=1S/C28H27NO5/c1-18-6-11-20(12-7-18)21-13-8-19(9-14-21)10-15-25(30)24(28(33)34)16-17-29-26(31)22-4-2-3-5-23(22)27(29)32/h2-9,11-14,24-25,30H,10,15-17H2,1H3,(H,33,34). The number of aryl methyl sites for hydroxylation is 2. The van der Waals surface area contributed by atoms with Gasteiger partial charge >= 0.3 is 5.97 Å². The third-order valence-corrected chi connectivity index (χ3v) is 6.39. The maximum atomic E-state index is 12.5. The SMILES string of the molecule is Cc1ccc(-c2ccc(CCC(O)C(CCN3C(=O)c4ccccc4C3=O)C(=O)O)cc2)cc1. The van der Waals surface area contributed by atoms with Crippen LogP contribution in [-0.4, -0.2) is 45.5 Å². The van der Waals surface area contributed by atoms with Gasteiger partial charge < -0.3 is 10.2 Å². The molecule has 0 saturated carbocycles. The van der Waals surface area contributed by atoms with Gasteiger partial charge in [0.15, 0.2) is 0 Å². The van der Waals surface area contributed by atoms with Crippen molar-refractivity contribution in [2.45, 2.75) is 32.3 Å². The molecule has 34 heavy (non-hydrogen) atoms. The molecule has 0 aliphatic carbocycles. The van der Waals surface area contributed by atoms with Gasteiger partial charge in [0.25, 0.3) is 11.8 Å². The lowest BCUT2D eigenvalue weighted by molar-refractivity contribution is -0.146. The van der Waals surface area contributed by atoms with Crippen LogP contribution in [0, 0.1) is 12.8 Å². The molecule has 2 amide bonds. The number of benzene rings is 3. The average molecular weight is 458 g/mol. The van der Waals surface area contributed by atoms with Crippen molar-refractivity contribution >= 4 is 17.8 Å². The Morgan fingerprint density at radius 2 is 1.35 bits per heavy atom. The summed E-state index contributed by atoms with van der Waals surface area (Å²) in [5.74, 6) is -3.06. The number of carboxylic acids is 1. The number of aliphatic hydroxyl groups excluding tert-OH is 1. The first kappa shape index (κ1) is 23.4. The van der Waals surface area contributed by atoms with Crippen molar-refractivity contribution in [2.24, 2.45) is 5.92 Å². The van der Waals surface area contributed by atoms with Gasteiger partial charge in [-0.25, -0.2) is 0 Å². The lowest BCUT2D eigenvalue weighted by atomic mass is 9.93. The third kappa shape index (κ3) is 4.92. The second kappa shape index (κ2) is 10.0. The van der Waals surface area contributed by atoms with Gasteiger partial charge in [0.1, 0.15) is 0 Å². The maximum Gasteiger partial charge on any atom is 0.309 e. The van der Waals surface area contributed by atoms with Crippen LogP contribution in [0.15, 0.2) is 72.8 Å². The number of aliphatic hydroxyl groups is 1. The first-order chi connectivity index (χ1) is 16.3. The number of amides is 2. The van der Waals surface area contributed by atoms with Crippen molar-refractivity contribution in [3.8, 4) is 11.1 Å². The minimum absolute atomic E-state index is 0.00562. The topological polar surface area (TPSA) is 94.9 Å². The molecule has 1 aliphatic heterocycles. The van der Waals surface area contributed by atoms with E-state index in [1.165, 1.54) is 5.56 Å². The van der Waals surface area contributed by atoms with Crippen LogP contribution in [0.4, 0.5) is 0 Å². The molecule has 0 radical (unpaired) electrons. The molecule has 0 bridgehead atoms. The van der Waals surface area contributed by atoms with E-state index in [0.717, 1.165) is 21.6 Å². The van der Waals surface area contributed by atoms with E-state index in [-0.39, 0.29) is 19.4 Å². The van der Waals surface area contributed by atoms with E-state index >= 15 is 0 Å². The van der Waals surface area contributed by atoms with E-state index in [1.807, 2.05) is 31.2 Å². The summed E-state index contributed by atoms with van der Waals surface area (Å²) in [5, 5.41) is 20.3. The van der Waals surface area contributed by atoms with Crippen LogP contribution in [0.1, 0.15) is 44.7 Å². The number of aliphatic carboxylic acids is 1. The van der Waals surface area contributed by atoms with E-state index < -0.39 is 29.8 Å². The molecule has 0 spiro atoms. The molecule has 0 fully saturated rings. The smallest absolute Gasteiger partial charge is 0.309 e. The molecule has 3 aromatic carbocycles. The fourth-order valence-electron chi connectivity index (χ4n) is 4.32. The van der Waals surface area contributed by atoms with Gasteiger partial charge in [0, 0.05) is 6.54 Å². The van der Waals surface area contributed by atoms with Gasteiger partial charge in [0.05, 0.1) is 23.1 Å². The molecule has 2 unspecified atom stereocenters. The Morgan fingerprint density at radius 1 is 0.824 bits per heavy atom. The molecular formula is C28H27NO5. The van der Waals surface area contributed by atoms with Gasteiger partial charge in [-0.2, -0.15) is 0 Å². The Bertz CT molecular complexity index is 1170. The molecule has 0 aromatic heterocycles. The molecule has 2 N–H and O–H groups in total. The van der Waals surface area contributed by atoms with Crippen molar-refractivity contribution < 1.29 is 24.6 Å². The van der Waals surface area contributed by atoms with Crippen LogP contribution < -0.4 is 0 Å². The first-order valence-corrected chi connectivity index (χ1v) is 11.4.